The van der Waals surface area contributed by atoms with Crippen molar-refractivity contribution in [1.82, 2.24) is 10.6 Å². The van der Waals surface area contributed by atoms with Gasteiger partial charge in [0.05, 0.1) is 0 Å². The fraction of sp³-hybridized carbons (Fsp3) is 1.00. The Balaban J connectivity index is 1.50. The van der Waals surface area contributed by atoms with E-state index in [1.165, 1.54) is 45.1 Å². The van der Waals surface area contributed by atoms with E-state index in [-0.39, 0.29) is 0 Å². The third-order valence-electron chi connectivity index (χ3n) is 4.82. The Morgan fingerprint density at radius 1 is 0.889 bits per heavy atom. The van der Waals surface area contributed by atoms with Gasteiger partial charge < -0.3 is 10.6 Å². The van der Waals surface area contributed by atoms with E-state index in [4.69, 9.17) is 0 Å². The first kappa shape index (κ1) is 14.3. The first-order chi connectivity index (χ1) is 8.55. The van der Waals surface area contributed by atoms with E-state index in [1.807, 2.05) is 0 Å². The van der Waals surface area contributed by atoms with E-state index in [1.54, 1.807) is 0 Å². The lowest BCUT2D eigenvalue weighted by molar-refractivity contribution is 0.149. The molecule has 2 fully saturated rings. The molecule has 18 heavy (non-hydrogen) atoms. The standard InChI is InChI=1S/C16H32N2/c1-16(2,3)14-6-4-13(5-7-14)12-17-10-11-18-15-8-9-15/h13-15,17-18H,4-12H2,1-3H3. The zero-order valence-corrected chi connectivity index (χ0v) is 12.6. The second-order valence-corrected chi connectivity index (χ2v) is 7.52. The van der Waals surface area contributed by atoms with E-state index >= 15 is 0 Å². The second-order valence-electron chi connectivity index (χ2n) is 7.52. The average molecular weight is 252 g/mol. The molecule has 0 aromatic carbocycles. The van der Waals surface area contributed by atoms with Crippen molar-refractivity contribution < 1.29 is 0 Å². The van der Waals surface area contributed by atoms with Gasteiger partial charge in [0.2, 0.25) is 0 Å². The van der Waals surface area contributed by atoms with E-state index < -0.39 is 0 Å². The SMILES string of the molecule is CC(C)(C)C1CCC(CNCCNC2CC2)CC1. The van der Waals surface area contributed by atoms with Crippen LogP contribution < -0.4 is 10.6 Å². The van der Waals surface area contributed by atoms with Crippen molar-refractivity contribution in [2.24, 2.45) is 17.3 Å². The van der Waals surface area contributed by atoms with Gasteiger partial charge in [0.1, 0.15) is 0 Å². The van der Waals surface area contributed by atoms with Gasteiger partial charge in [-0.3, -0.25) is 0 Å². The Bertz CT molecular complexity index is 232. The van der Waals surface area contributed by atoms with Gasteiger partial charge in [-0.05, 0) is 62.3 Å². The summed E-state index contributed by atoms with van der Waals surface area (Å²) >= 11 is 0. The Hall–Kier alpha value is -0.0800. The summed E-state index contributed by atoms with van der Waals surface area (Å²) in [5.41, 5.74) is 0.520. The normalized spacial score (nSPS) is 29.5. The van der Waals surface area contributed by atoms with Crippen LogP contribution in [-0.4, -0.2) is 25.7 Å². The van der Waals surface area contributed by atoms with Crippen molar-refractivity contribution in [3.05, 3.63) is 0 Å². The number of hydrogen-bond donors (Lipinski definition) is 2. The lowest BCUT2D eigenvalue weighted by Gasteiger charge is -2.37. The van der Waals surface area contributed by atoms with Crippen molar-refractivity contribution in [3.63, 3.8) is 0 Å². The Labute approximate surface area is 113 Å². The molecular formula is C16H32N2. The fourth-order valence-corrected chi connectivity index (χ4v) is 3.19. The molecule has 2 heteroatoms. The quantitative estimate of drug-likeness (QED) is 0.710. The molecule has 0 amide bonds. The maximum Gasteiger partial charge on any atom is 0.00793 e. The molecule has 2 nitrogen and oxygen atoms in total. The van der Waals surface area contributed by atoms with Gasteiger partial charge in [0.25, 0.3) is 0 Å². The van der Waals surface area contributed by atoms with Crippen molar-refractivity contribution >= 4 is 0 Å². The molecule has 0 unspecified atom stereocenters. The summed E-state index contributed by atoms with van der Waals surface area (Å²) in [4.78, 5) is 0. The van der Waals surface area contributed by atoms with Crippen LogP contribution in [0.5, 0.6) is 0 Å². The zero-order valence-electron chi connectivity index (χ0n) is 12.6. The summed E-state index contributed by atoms with van der Waals surface area (Å²) in [6.45, 7) is 10.8. The molecule has 2 N–H and O–H groups in total. The number of rotatable bonds is 6. The van der Waals surface area contributed by atoms with Gasteiger partial charge in [-0.15, -0.1) is 0 Å². The van der Waals surface area contributed by atoms with E-state index in [0.717, 1.165) is 31.0 Å². The maximum absolute atomic E-state index is 3.63. The second kappa shape index (κ2) is 6.38. The summed E-state index contributed by atoms with van der Waals surface area (Å²) in [6.07, 6.45) is 8.55. The van der Waals surface area contributed by atoms with Crippen LogP contribution >= 0.6 is 0 Å². The highest BCUT2D eigenvalue weighted by Gasteiger charge is 2.29. The molecule has 2 aliphatic rings. The minimum Gasteiger partial charge on any atom is -0.315 e. The first-order valence-corrected chi connectivity index (χ1v) is 8.00. The topological polar surface area (TPSA) is 24.1 Å². The van der Waals surface area contributed by atoms with Crippen molar-refractivity contribution in [1.29, 1.82) is 0 Å². The van der Waals surface area contributed by atoms with Gasteiger partial charge in [-0.25, -0.2) is 0 Å². The third-order valence-corrected chi connectivity index (χ3v) is 4.82. The largest absolute Gasteiger partial charge is 0.315 e. The number of nitrogens with one attached hydrogen (secondary N) is 2. The van der Waals surface area contributed by atoms with Crippen LogP contribution in [0.2, 0.25) is 0 Å². The molecular weight excluding hydrogens is 220 g/mol. The van der Waals surface area contributed by atoms with E-state index in [0.29, 0.717) is 5.41 Å². The molecule has 0 aromatic heterocycles. The smallest absolute Gasteiger partial charge is 0.00793 e. The molecule has 0 saturated heterocycles. The summed E-state index contributed by atoms with van der Waals surface area (Å²) < 4.78 is 0. The highest BCUT2D eigenvalue weighted by molar-refractivity contribution is 4.82. The van der Waals surface area contributed by atoms with E-state index in [9.17, 15) is 0 Å². The third kappa shape index (κ3) is 4.89. The predicted molar refractivity (Wildman–Crippen MR) is 78.8 cm³/mol. The predicted octanol–water partition coefficient (Wildman–Crippen LogP) is 3.18. The number of hydrogen-bond acceptors (Lipinski definition) is 2. The van der Waals surface area contributed by atoms with Gasteiger partial charge in [0.15, 0.2) is 0 Å². The monoisotopic (exact) mass is 252 g/mol. The molecule has 106 valence electrons. The van der Waals surface area contributed by atoms with Crippen molar-refractivity contribution in [2.75, 3.05) is 19.6 Å². The van der Waals surface area contributed by atoms with Gasteiger partial charge in [0, 0.05) is 19.1 Å². The van der Waals surface area contributed by atoms with Crippen LogP contribution in [0.3, 0.4) is 0 Å². The van der Waals surface area contributed by atoms with Crippen molar-refractivity contribution in [3.8, 4) is 0 Å². The molecule has 0 aliphatic heterocycles. The summed E-state index contributed by atoms with van der Waals surface area (Å²) in [6, 6.07) is 0.856. The lowest BCUT2D eigenvalue weighted by atomic mass is 9.70. The van der Waals surface area contributed by atoms with Crippen LogP contribution in [0, 0.1) is 17.3 Å². The highest BCUT2D eigenvalue weighted by Crippen LogP contribution is 2.39. The molecule has 0 spiro atoms. The molecule has 0 heterocycles. The zero-order chi connectivity index (χ0) is 13.0. The van der Waals surface area contributed by atoms with Crippen LogP contribution in [0.15, 0.2) is 0 Å². The summed E-state index contributed by atoms with van der Waals surface area (Å²) in [7, 11) is 0. The van der Waals surface area contributed by atoms with Crippen LogP contribution in [0.4, 0.5) is 0 Å². The average Bonchev–Trinajstić information content (AvgIpc) is 3.12. The summed E-state index contributed by atoms with van der Waals surface area (Å²) in [5, 5.41) is 7.19. The maximum atomic E-state index is 3.63. The van der Waals surface area contributed by atoms with Gasteiger partial charge >= 0.3 is 0 Å². The molecule has 2 saturated carbocycles. The van der Waals surface area contributed by atoms with Gasteiger partial charge in [-0.2, -0.15) is 0 Å². The highest BCUT2D eigenvalue weighted by atomic mass is 15.0. The Morgan fingerprint density at radius 2 is 1.56 bits per heavy atom. The van der Waals surface area contributed by atoms with Crippen LogP contribution in [0.25, 0.3) is 0 Å². The lowest BCUT2D eigenvalue weighted by Crippen LogP contribution is -2.34. The molecule has 0 radical (unpaired) electrons. The Morgan fingerprint density at radius 3 is 2.11 bits per heavy atom. The van der Waals surface area contributed by atoms with Crippen LogP contribution in [-0.2, 0) is 0 Å². The molecule has 0 atom stereocenters. The fourth-order valence-electron chi connectivity index (χ4n) is 3.19. The van der Waals surface area contributed by atoms with E-state index in [2.05, 4.69) is 31.4 Å². The molecule has 0 bridgehead atoms. The molecule has 2 aliphatic carbocycles. The minimum absolute atomic E-state index is 0.520. The summed E-state index contributed by atoms with van der Waals surface area (Å²) in [5.74, 6) is 1.88. The first-order valence-electron chi connectivity index (χ1n) is 8.00. The van der Waals surface area contributed by atoms with Crippen LogP contribution in [0.1, 0.15) is 59.3 Å². The minimum atomic E-state index is 0.520. The van der Waals surface area contributed by atoms with Gasteiger partial charge in [-0.1, -0.05) is 20.8 Å². The van der Waals surface area contributed by atoms with Crippen molar-refractivity contribution in [2.45, 2.75) is 65.3 Å². The molecule has 0 aromatic rings. The molecule has 2 rings (SSSR count). The Kier molecular flexibility index (Phi) is 5.08.